The minimum Gasteiger partial charge on any atom is -0.516 e. The molecular formula is C10H14O3Si. The highest BCUT2D eigenvalue weighted by molar-refractivity contribution is 6.71. The molecule has 0 atom stereocenters. The van der Waals surface area contributed by atoms with E-state index in [9.17, 15) is 4.79 Å². The lowest BCUT2D eigenvalue weighted by Crippen LogP contribution is -2.29. The molecule has 0 unspecified atom stereocenters. The van der Waals surface area contributed by atoms with Crippen LogP contribution in [-0.2, 0) is 4.43 Å². The van der Waals surface area contributed by atoms with E-state index in [2.05, 4.69) is 0 Å². The van der Waals surface area contributed by atoms with Gasteiger partial charge in [0.05, 0.1) is 5.56 Å². The molecule has 0 radical (unpaired) electrons. The fourth-order valence-corrected chi connectivity index (χ4v) is 1.61. The molecule has 1 rings (SSSR count). The second-order valence-electron chi connectivity index (χ2n) is 4.05. The molecule has 1 aromatic rings. The average Bonchev–Trinajstić information content (AvgIpc) is 2.02. The maximum Gasteiger partial charge on any atom is 0.324 e. The number of aromatic hydroxyl groups is 1. The van der Waals surface area contributed by atoms with Gasteiger partial charge in [-0.15, -0.1) is 0 Å². The Morgan fingerprint density at radius 2 is 1.71 bits per heavy atom. The summed E-state index contributed by atoms with van der Waals surface area (Å²) in [7, 11) is -1.83. The van der Waals surface area contributed by atoms with Gasteiger partial charge in [0.25, 0.3) is 0 Å². The number of benzene rings is 1. The van der Waals surface area contributed by atoms with Crippen LogP contribution in [0.5, 0.6) is 5.75 Å². The van der Waals surface area contributed by atoms with Gasteiger partial charge in [-0.25, -0.2) is 4.79 Å². The van der Waals surface area contributed by atoms with Crippen molar-refractivity contribution in [2.45, 2.75) is 19.6 Å². The predicted octanol–water partition coefficient (Wildman–Crippen LogP) is 2.38. The van der Waals surface area contributed by atoms with Crippen LogP contribution < -0.4 is 0 Å². The van der Waals surface area contributed by atoms with Crippen LogP contribution in [0.25, 0.3) is 0 Å². The lowest BCUT2D eigenvalue weighted by molar-refractivity contribution is 0.0724. The van der Waals surface area contributed by atoms with E-state index in [1.165, 1.54) is 12.1 Å². The fraction of sp³-hybridized carbons (Fsp3) is 0.300. The second-order valence-corrected chi connectivity index (χ2v) is 8.48. The number of hydrogen-bond acceptors (Lipinski definition) is 3. The summed E-state index contributed by atoms with van der Waals surface area (Å²) >= 11 is 0. The molecular weight excluding hydrogens is 196 g/mol. The molecule has 0 bridgehead atoms. The lowest BCUT2D eigenvalue weighted by atomic mass is 10.2. The molecule has 0 aliphatic heterocycles. The molecule has 1 aromatic carbocycles. The topological polar surface area (TPSA) is 46.5 Å². The van der Waals surface area contributed by atoms with Gasteiger partial charge in [0.1, 0.15) is 5.75 Å². The Hall–Kier alpha value is -1.29. The van der Waals surface area contributed by atoms with Crippen molar-refractivity contribution >= 4 is 14.3 Å². The van der Waals surface area contributed by atoms with Crippen LogP contribution >= 0.6 is 0 Å². The SMILES string of the molecule is C[Si](C)(C)OC(=O)c1ccc(O)cc1. The van der Waals surface area contributed by atoms with Crippen molar-refractivity contribution < 1.29 is 14.3 Å². The van der Waals surface area contributed by atoms with Crippen LogP contribution in [0.15, 0.2) is 24.3 Å². The van der Waals surface area contributed by atoms with Crippen LogP contribution in [-0.4, -0.2) is 19.4 Å². The van der Waals surface area contributed by atoms with Crippen molar-refractivity contribution in [2.75, 3.05) is 0 Å². The minimum absolute atomic E-state index is 0.148. The van der Waals surface area contributed by atoms with Crippen molar-refractivity contribution in [3.05, 3.63) is 29.8 Å². The fourth-order valence-electron chi connectivity index (χ4n) is 0.935. The summed E-state index contributed by atoms with van der Waals surface area (Å²) in [5.74, 6) is -0.168. The van der Waals surface area contributed by atoms with Gasteiger partial charge in [0, 0.05) is 0 Å². The number of phenolic OH excluding ortho intramolecular Hbond substituents is 1. The Morgan fingerprint density at radius 1 is 1.21 bits per heavy atom. The molecule has 0 saturated carbocycles. The maximum atomic E-state index is 11.5. The van der Waals surface area contributed by atoms with Gasteiger partial charge in [-0.3, -0.25) is 0 Å². The number of hydrogen-bond donors (Lipinski definition) is 1. The molecule has 0 fully saturated rings. The van der Waals surface area contributed by atoms with Gasteiger partial charge < -0.3 is 9.53 Å². The number of rotatable bonds is 2. The summed E-state index contributed by atoms with van der Waals surface area (Å²) in [6.07, 6.45) is 0. The second kappa shape index (κ2) is 3.83. The zero-order valence-corrected chi connectivity index (χ0v) is 9.57. The molecule has 0 aromatic heterocycles. The van der Waals surface area contributed by atoms with E-state index in [0.717, 1.165) is 0 Å². The van der Waals surface area contributed by atoms with Gasteiger partial charge in [0.15, 0.2) is 0 Å². The van der Waals surface area contributed by atoms with Crippen molar-refractivity contribution in [1.82, 2.24) is 0 Å². The summed E-state index contributed by atoms with van der Waals surface area (Å²) < 4.78 is 5.28. The van der Waals surface area contributed by atoms with E-state index in [1.54, 1.807) is 12.1 Å². The van der Waals surface area contributed by atoms with E-state index >= 15 is 0 Å². The molecule has 0 aliphatic rings. The van der Waals surface area contributed by atoms with Gasteiger partial charge in [-0.05, 0) is 43.9 Å². The van der Waals surface area contributed by atoms with Crippen molar-refractivity contribution in [2.24, 2.45) is 0 Å². The van der Waals surface area contributed by atoms with Gasteiger partial charge in [-0.1, -0.05) is 0 Å². The maximum absolute atomic E-state index is 11.5. The van der Waals surface area contributed by atoms with Crippen molar-refractivity contribution in [3.8, 4) is 5.75 Å². The molecule has 14 heavy (non-hydrogen) atoms. The van der Waals surface area contributed by atoms with Crippen molar-refractivity contribution in [1.29, 1.82) is 0 Å². The summed E-state index contributed by atoms with van der Waals surface area (Å²) in [4.78, 5) is 11.5. The first-order valence-corrected chi connectivity index (χ1v) is 7.82. The monoisotopic (exact) mass is 210 g/mol. The third-order valence-electron chi connectivity index (χ3n) is 1.50. The molecule has 0 amide bonds. The summed E-state index contributed by atoms with van der Waals surface area (Å²) in [5, 5.41) is 9.03. The number of carbonyl (C=O) groups is 1. The third-order valence-corrected chi connectivity index (χ3v) is 2.30. The van der Waals surface area contributed by atoms with Crippen LogP contribution in [0.2, 0.25) is 19.6 Å². The quantitative estimate of drug-likeness (QED) is 0.762. The Balaban J connectivity index is 2.76. The van der Waals surface area contributed by atoms with Gasteiger partial charge in [-0.2, -0.15) is 0 Å². The van der Waals surface area contributed by atoms with Crippen LogP contribution in [0.3, 0.4) is 0 Å². The normalized spacial score (nSPS) is 11.1. The van der Waals surface area contributed by atoms with E-state index in [0.29, 0.717) is 5.56 Å². The summed E-state index contributed by atoms with van der Waals surface area (Å²) in [6, 6.07) is 6.05. The molecule has 0 saturated heterocycles. The summed E-state index contributed by atoms with van der Waals surface area (Å²) in [6.45, 7) is 5.85. The lowest BCUT2D eigenvalue weighted by Gasteiger charge is -2.17. The Kier molecular flexibility index (Phi) is 2.95. The van der Waals surface area contributed by atoms with E-state index in [-0.39, 0.29) is 11.7 Å². The van der Waals surface area contributed by atoms with Crippen LogP contribution in [0, 0.1) is 0 Å². The molecule has 0 aliphatic carbocycles. The van der Waals surface area contributed by atoms with Crippen LogP contribution in [0.1, 0.15) is 10.4 Å². The first-order valence-electron chi connectivity index (χ1n) is 4.41. The van der Waals surface area contributed by atoms with E-state index in [1.807, 2.05) is 19.6 Å². The number of phenols is 1. The zero-order valence-electron chi connectivity index (χ0n) is 8.57. The van der Waals surface area contributed by atoms with E-state index in [4.69, 9.17) is 9.53 Å². The summed E-state index contributed by atoms with van der Waals surface area (Å²) in [5.41, 5.74) is 0.477. The van der Waals surface area contributed by atoms with Gasteiger partial charge in [0.2, 0.25) is 8.32 Å². The molecule has 1 N–H and O–H groups in total. The Labute approximate surface area is 84.5 Å². The molecule has 76 valence electrons. The molecule has 0 spiro atoms. The smallest absolute Gasteiger partial charge is 0.324 e. The predicted molar refractivity (Wildman–Crippen MR) is 56.9 cm³/mol. The zero-order chi connectivity index (χ0) is 10.8. The first-order chi connectivity index (χ1) is 6.38. The number of carbonyl (C=O) groups excluding carboxylic acids is 1. The van der Waals surface area contributed by atoms with E-state index < -0.39 is 8.32 Å². The van der Waals surface area contributed by atoms with Crippen molar-refractivity contribution in [3.63, 3.8) is 0 Å². The Bertz CT molecular complexity index is 324. The Morgan fingerprint density at radius 3 is 2.14 bits per heavy atom. The standard InChI is InChI=1S/C10H14O3Si/c1-14(2,3)13-10(12)8-4-6-9(11)7-5-8/h4-7,11H,1-3H3. The molecule has 0 heterocycles. The highest BCUT2D eigenvalue weighted by atomic mass is 28.4. The minimum atomic E-state index is -1.83. The highest BCUT2D eigenvalue weighted by Gasteiger charge is 2.20. The van der Waals surface area contributed by atoms with Crippen LogP contribution in [0.4, 0.5) is 0 Å². The largest absolute Gasteiger partial charge is 0.516 e. The van der Waals surface area contributed by atoms with Gasteiger partial charge >= 0.3 is 5.97 Å². The molecule has 3 nitrogen and oxygen atoms in total. The third kappa shape index (κ3) is 3.22. The highest BCUT2D eigenvalue weighted by Crippen LogP contribution is 2.13. The molecule has 4 heteroatoms. The average molecular weight is 210 g/mol. The first kappa shape index (κ1) is 10.8.